The molecule has 4 N–H and O–H groups in total. The third-order valence-corrected chi connectivity index (χ3v) is 4.38. The molecule has 0 aromatic heterocycles. The molecule has 6 radical (unpaired) electrons. The summed E-state index contributed by atoms with van der Waals surface area (Å²) in [6.07, 6.45) is 0.592. The van der Waals surface area contributed by atoms with Crippen molar-refractivity contribution < 1.29 is 19.2 Å². The van der Waals surface area contributed by atoms with Gasteiger partial charge in [-0.15, -0.1) is 0 Å². The third-order valence-electron chi connectivity index (χ3n) is 1.98. The monoisotopic (exact) mass is 444 g/mol. The summed E-state index contributed by atoms with van der Waals surface area (Å²) in [5, 5.41) is 7.29. The predicted octanol–water partition coefficient (Wildman–Crippen LogP) is -0.430. The van der Waals surface area contributed by atoms with Crippen LogP contribution in [0.25, 0.3) is 0 Å². The fourth-order valence-corrected chi connectivity index (χ4v) is 2.44. The summed E-state index contributed by atoms with van der Waals surface area (Å²) < 4.78 is 2.41. The quantitative estimate of drug-likeness (QED) is 0.267. The second-order valence-corrected chi connectivity index (χ2v) is 7.59. The molecule has 0 aliphatic heterocycles. The van der Waals surface area contributed by atoms with Gasteiger partial charge in [0.2, 0.25) is 17.7 Å². The molecule has 0 unspecified atom stereocenters. The molecule has 0 aliphatic carbocycles. The van der Waals surface area contributed by atoms with Gasteiger partial charge >= 0.3 is 0 Å². The standard InChI is InChI=1S/C5H9BN2O2S.C5H10BNOS.C4H8BNOS/c1-4(9)8-11-2-5(10)7-3-6;1-2-9-3-5(8)7-4-6;1-2-8-4(7)6-3-5/h2-3H2,1H3,(H,7,10)(H,8,9);2-4H2,1H3,(H,7,8);2-3H2,1H3,(H,6,7). The van der Waals surface area contributed by atoms with E-state index in [4.69, 9.17) is 23.5 Å². The van der Waals surface area contributed by atoms with Gasteiger partial charge < -0.3 is 16.0 Å². The summed E-state index contributed by atoms with van der Waals surface area (Å²) in [6.45, 7) is 5.31. The van der Waals surface area contributed by atoms with E-state index in [1.165, 1.54) is 18.7 Å². The Bertz CT molecular complexity index is 431. The molecule has 0 spiro atoms. The Kier molecular flexibility index (Phi) is 29.7. The van der Waals surface area contributed by atoms with Crippen LogP contribution >= 0.6 is 35.5 Å². The Hall–Kier alpha value is -0.875. The first-order chi connectivity index (χ1) is 13.3. The van der Waals surface area contributed by atoms with Crippen molar-refractivity contribution in [3.05, 3.63) is 0 Å². The average Bonchev–Trinajstić information content (AvgIpc) is 2.62. The van der Waals surface area contributed by atoms with Gasteiger partial charge in [-0.05, 0) is 42.8 Å². The van der Waals surface area contributed by atoms with E-state index in [0.717, 1.165) is 23.5 Å². The zero-order chi connectivity index (χ0) is 22.2. The number of rotatable bonds is 10. The Morgan fingerprint density at radius 3 is 1.68 bits per heavy atom. The first-order valence-corrected chi connectivity index (χ1v) is 11.4. The molecule has 14 heteroatoms. The predicted molar refractivity (Wildman–Crippen MR) is 124 cm³/mol. The second-order valence-electron chi connectivity index (χ2n) is 4.29. The molecule has 0 aliphatic rings. The van der Waals surface area contributed by atoms with Gasteiger partial charge in [-0.2, -0.15) is 11.8 Å². The van der Waals surface area contributed by atoms with E-state index in [1.807, 2.05) is 13.8 Å². The largest absolute Gasteiger partial charge is 0.364 e. The number of thioether (sulfide) groups is 2. The highest BCUT2D eigenvalue weighted by atomic mass is 32.2. The molecule has 0 saturated heterocycles. The molecule has 0 aromatic carbocycles. The van der Waals surface area contributed by atoms with Gasteiger partial charge in [0, 0.05) is 6.92 Å². The lowest BCUT2D eigenvalue weighted by molar-refractivity contribution is -0.119. The molecule has 28 heavy (non-hydrogen) atoms. The molecule has 0 heterocycles. The molecule has 0 bridgehead atoms. The topological polar surface area (TPSA) is 116 Å². The van der Waals surface area contributed by atoms with Crippen molar-refractivity contribution >= 4 is 82.0 Å². The van der Waals surface area contributed by atoms with Crippen LogP contribution in [0.2, 0.25) is 0 Å². The van der Waals surface area contributed by atoms with Crippen LogP contribution in [0.5, 0.6) is 0 Å². The van der Waals surface area contributed by atoms with E-state index < -0.39 is 0 Å². The van der Waals surface area contributed by atoms with Crippen LogP contribution in [-0.4, -0.2) is 88.8 Å². The van der Waals surface area contributed by atoms with Crippen molar-refractivity contribution in [3.8, 4) is 0 Å². The minimum Gasteiger partial charge on any atom is -0.364 e. The highest BCUT2D eigenvalue weighted by Gasteiger charge is 1.99. The normalized spacial score (nSPS) is 8.82. The number of hydrogen-bond acceptors (Lipinski definition) is 7. The van der Waals surface area contributed by atoms with Gasteiger partial charge in [0.05, 0.1) is 35.0 Å². The first kappa shape index (κ1) is 31.8. The van der Waals surface area contributed by atoms with Crippen LogP contribution in [0.3, 0.4) is 0 Å². The van der Waals surface area contributed by atoms with Crippen molar-refractivity contribution in [1.29, 1.82) is 0 Å². The number of carbonyl (C=O) groups is 4. The summed E-state index contributed by atoms with van der Waals surface area (Å²) in [4.78, 5) is 42.0. The van der Waals surface area contributed by atoms with Crippen LogP contribution in [0.15, 0.2) is 0 Å². The van der Waals surface area contributed by atoms with E-state index in [1.54, 1.807) is 11.8 Å². The minimum absolute atomic E-state index is 0.0179. The second kappa shape index (κ2) is 26.1. The highest BCUT2D eigenvalue weighted by molar-refractivity contribution is 8.13. The van der Waals surface area contributed by atoms with Gasteiger partial charge in [0.1, 0.15) is 0 Å². The first-order valence-electron chi connectivity index (χ1n) is 8.29. The molecule has 0 saturated carbocycles. The maximum absolute atomic E-state index is 10.7. The van der Waals surface area contributed by atoms with E-state index >= 15 is 0 Å². The zero-order valence-corrected chi connectivity index (χ0v) is 19.0. The van der Waals surface area contributed by atoms with Crippen LogP contribution in [0.1, 0.15) is 20.8 Å². The van der Waals surface area contributed by atoms with Crippen LogP contribution < -0.4 is 20.7 Å². The summed E-state index contributed by atoms with van der Waals surface area (Å²) >= 11 is 3.86. The molecule has 154 valence electrons. The van der Waals surface area contributed by atoms with Crippen molar-refractivity contribution in [2.45, 2.75) is 20.8 Å². The summed E-state index contributed by atoms with van der Waals surface area (Å²) in [7, 11) is 15.1. The molecule has 0 aromatic rings. The zero-order valence-electron chi connectivity index (χ0n) is 16.5. The minimum atomic E-state index is -0.189. The Balaban J connectivity index is -0.000000340. The number of amides is 4. The molecule has 0 fully saturated rings. The lowest BCUT2D eigenvalue weighted by atomic mass is 10.2. The van der Waals surface area contributed by atoms with E-state index in [2.05, 4.69) is 20.7 Å². The van der Waals surface area contributed by atoms with Crippen molar-refractivity contribution in [2.24, 2.45) is 0 Å². The molecule has 8 nitrogen and oxygen atoms in total. The number of carbonyl (C=O) groups excluding carboxylic acids is 4. The molecule has 0 rings (SSSR count). The lowest BCUT2D eigenvalue weighted by Gasteiger charge is -2.00. The van der Waals surface area contributed by atoms with Crippen molar-refractivity contribution in [3.63, 3.8) is 0 Å². The highest BCUT2D eigenvalue weighted by Crippen LogP contribution is 1.97. The maximum atomic E-state index is 10.7. The summed E-state index contributed by atoms with van der Waals surface area (Å²) in [5.74, 6) is 2.14. The summed E-state index contributed by atoms with van der Waals surface area (Å²) in [5.41, 5.74) is 0. The molecular formula is C14H27B3N4O4S3. The lowest BCUT2D eigenvalue weighted by Crippen LogP contribution is -2.27. The van der Waals surface area contributed by atoms with Crippen LogP contribution in [0.4, 0.5) is 4.79 Å². The molecular weight excluding hydrogens is 417 g/mol. The fraction of sp³-hybridized carbons (Fsp3) is 0.714. The van der Waals surface area contributed by atoms with E-state index in [-0.39, 0.29) is 48.0 Å². The Morgan fingerprint density at radius 1 is 0.786 bits per heavy atom. The van der Waals surface area contributed by atoms with Crippen LogP contribution in [-0.2, 0) is 14.4 Å². The molecule has 0 atom stereocenters. The van der Waals surface area contributed by atoms with E-state index in [0.29, 0.717) is 5.75 Å². The number of hydrogen-bond donors (Lipinski definition) is 4. The van der Waals surface area contributed by atoms with Gasteiger partial charge in [0.25, 0.3) is 5.24 Å². The van der Waals surface area contributed by atoms with Crippen molar-refractivity contribution in [2.75, 3.05) is 42.3 Å². The molecule has 4 amide bonds. The smallest absolute Gasteiger partial charge is 0.278 e. The average molecular weight is 444 g/mol. The van der Waals surface area contributed by atoms with Gasteiger partial charge in [-0.1, -0.05) is 25.6 Å². The van der Waals surface area contributed by atoms with Gasteiger partial charge in [-0.25, -0.2) is 0 Å². The SMILES string of the molecule is [B]CNC(=O)CSCC.[B]CNC(=O)CSNC(C)=O.[B]CNC(=O)SCC. The van der Waals surface area contributed by atoms with Gasteiger partial charge in [0.15, 0.2) is 0 Å². The summed E-state index contributed by atoms with van der Waals surface area (Å²) in [6, 6.07) is 0. The Morgan fingerprint density at radius 2 is 1.29 bits per heavy atom. The van der Waals surface area contributed by atoms with E-state index in [9.17, 15) is 19.2 Å². The van der Waals surface area contributed by atoms with Crippen LogP contribution in [0, 0.1) is 0 Å². The number of nitrogens with one attached hydrogen (secondary N) is 4. The fourth-order valence-electron chi connectivity index (χ4n) is 0.993. The maximum Gasteiger partial charge on any atom is 0.278 e. The third kappa shape index (κ3) is 32.8. The van der Waals surface area contributed by atoms with Gasteiger partial charge in [-0.3, -0.25) is 23.9 Å². The Labute approximate surface area is 184 Å². The van der Waals surface area contributed by atoms with Crippen molar-refractivity contribution in [1.82, 2.24) is 20.7 Å².